The Labute approximate surface area is 179 Å². The van der Waals surface area contributed by atoms with E-state index in [9.17, 15) is 9.90 Å². The number of carbonyl (C=O) groups excluding carboxylic acids is 1. The van der Waals surface area contributed by atoms with Gasteiger partial charge in [-0.15, -0.1) is 0 Å². The SMILES string of the molecule is CC(C)CCC[C@@H](C)[C@H]1CC[C@H]2[C@@H]3CC[C@]4(O)CC(=O)CC[C@]4(C)[C@H]3CC[C@]12C. The molecule has 0 spiro atoms. The highest BCUT2D eigenvalue weighted by atomic mass is 16.3. The molecule has 29 heavy (non-hydrogen) atoms. The van der Waals surface area contributed by atoms with Crippen molar-refractivity contribution >= 4 is 5.78 Å². The van der Waals surface area contributed by atoms with Gasteiger partial charge in [-0.2, -0.15) is 0 Å². The van der Waals surface area contributed by atoms with E-state index in [0.29, 0.717) is 30.0 Å². The van der Waals surface area contributed by atoms with Crippen LogP contribution in [0.25, 0.3) is 0 Å². The summed E-state index contributed by atoms with van der Waals surface area (Å²) in [7, 11) is 0. The minimum absolute atomic E-state index is 0.0356. The van der Waals surface area contributed by atoms with Gasteiger partial charge in [0.15, 0.2) is 0 Å². The van der Waals surface area contributed by atoms with Gasteiger partial charge in [-0.1, -0.05) is 53.9 Å². The third-order valence-electron chi connectivity index (χ3n) is 10.8. The standard InChI is InChI=1S/C27H46O2/c1-18(2)7-6-8-19(3)22-9-10-23-21-12-16-27(29)17-20(28)11-15-26(27,5)24(21)13-14-25(22,23)4/h18-19,21-24,29H,6-17H2,1-5H3/t19-,21+,22-,23+,24+,25-,26-,27+/m1/s1. The lowest BCUT2D eigenvalue weighted by molar-refractivity contribution is -0.204. The molecule has 0 aromatic heterocycles. The quantitative estimate of drug-likeness (QED) is 0.549. The Morgan fingerprint density at radius 1 is 0.966 bits per heavy atom. The second kappa shape index (κ2) is 7.64. The Balaban J connectivity index is 1.50. The number of fused-ring (bicyclic) bond motifs is 5. The lowest BCUT2D eigenvalue weighted by atomic mass is 9.43. The summed E-state index contributed by atoms with van der Waals surface area (Å²) >= 11 is 0. The van der Waals surface area contributed by atoms with Crippen LogP contribution >= 0.6 is 0 Å². The zero-order valence-corrected chi connectivity index (χ0v) is 19.8. The van der Waals surface area contributed by atoms with E-state index in [0.717, 1.165) is 48.9 Å². The Bertz CT molecular complexity index is 626. The number of aliphatic hydroxyl groups is 1. The van der Waals surface area contributed by atoms with Crippen LogP contribution < -0.4 is 0 Å². The lowest BCUT2D eigenvalue weighted by Crippen LogP contribution is -2.62. The van der Waals surface area contributed by atoms with Gasteiger partial charge in [0, 0.05) is 18.3 Å². The normalized spacial score (nSPS) is 48.2. The molecule has 0 bridgehead atoms. The first-order chi connectivity index (χ1) is 13.6. The smallest absolute Gasteiger partial charge is 0.135 e. The fourth-order valence-electron chi connectivity index (χ4n) is 9.06. The molecule has 4 fully saturated rings. The van der Waals surface area contributed by atoms with Crippen molar-refractivity contribution in [2.75, 3.05) is 0 Å². The molecular formula is C27H46O2. The Morgan fingerprint density at radius 2 is 1.72 bits per heavy atom. The Morgan fingerprint density at radius 3 is 2.45 bits per heavy atom. The van der Waals surface area contributed by atoms with Crippen LogP contribution in [-0.2, 0) is 4.79 Å². The summed E-state index contributed by atoms with van der Waals surface area (Å²) in [5.41, 5.74) is -0.250. The third kappa shape index (κ3) is 3.44. The molecule has 0 aromatic carbocycles. The van der Waals surface area contributed by atoms with Gasteiger partial charge in [0.1, 0.15) is 5.78 Å². The lowest BCUT2D eigenvalue weighted by Gasteiger charge is -2.63. The van der Waals surface area contributed by atoms with Crippen molar-refractivity contribution in [3.05, 3.63) is 0 Å². The fraction of sp³-hybridized carbons (Fsp3) is 0.963. The minimum atomic E-state index is -0.723. The Hall–Kier alpha value is -0.370. The maximum atomic E-state index is 12.1. The molecule has 0 saturated heterocycles. The van der Waals surface area contributed by atoms with E-state index in [4.69, 9.17) is 0 Å². The van der Waals surface area contributed by atoms with Crippen molar-refractivity contribution in [2.45, 2.75) is 117 Å². The van der Waals surface area contributed by atoms with E-state index in [1.807, 2.05) is 0 Å². The van der Waals surface area contributed by atoms with Crippen molar-refractivity contribution in [2.24, 2.45) is 46.3 Å². The number of carbonyl (C=O) groups is 1. The molecule has 166 valence electrons. The van der Waals surface area contributed by atoms with Gasteiger partial charge in [0.25, 0.3) is 0 Å². The highest BCUT2D eigenvalue weighted by molar-refractivity contribution is 5.80. The van der Waals surface area contributed by atoms with Crippen LogP contribution in [0.1, 0.15) is 112 Å². The molecule has 0 heterocycles. The fourth-order valence-corrected chi connectivity index (χ4v) is 9.06. The summed E-state index contributed by atoms with van der Waals surface area (Å²) in [5.74, 6) is 5.11. The second-order valence-corrected chi connectivity index (χ2v) is 12.6. The minimum Gasteiger partial charge on any atom is -0.389 e. The van der Waals surface area contributed by atoms with Crippen LogP contribution in [-0.4, -0.2) is 16.5 Å². The van der Waals surface area contributed by atoms with Crippen LogP contribution in [0.3, 0.4) is 0 Å². The summed E-state index contributed by atoms with van der Waals surface area (Å²) in [4.78, 5) is 12.1. The van der Waals surface area contributed by atoms with Gasteiger partial charge in [-0.3, -0.25) is 4.79 Å². The predicted octanol–water partition coefficient (Wildman–Crippen LogP) is 6.79. The van der Waals surface area contributed by atoms with E-state index in [1.165, 1.54) is 44.9 Å². The summed E-state index contributed by atoms with van der Waals surface area (Å²) in [6, 6.07) is 0. The second-order valence-electron chi connectivity index (χ2n) is 12.6. The summed E-state index contributed by atoms with van der Waals surface area (Å²) in [6.45, 7) is 12.2. The topological polar surface area (TPSA) is 37.3 Å². The first-order valence-corrected chi connectivity index (χ1v) is 12.8. The first kappa shape index (κ1) is 21.8. The monoisotopic (exact) mass is 402 g/mol. The van der Waals surface area contributed by atoms with Crippen LogP contribution in [0.2, 0.25) is 0 Å². The molecule has 0 aliphatic heterocycles. The molecule has 2 heteroatoms. The molecule has 4 rings (SSSR count). The van der Waals surface area contributed by atoms with E-state index in [2.05, 4.69) is 34.6 Å². The molecule has 2 nitrogen and oxygen atoms in total. The molecule has 0 amide bonds. The van der Waals surface area contributed by atoms with Gasteiger partial charge in [-0.25, -0.2) is 0 Å². The van der Waals surface area contributed by atoms with E-state index in [1.54, 1.807) is 0 Å². The molecule has 0 unspecified atom stereocenters. The average molecular weight is 403 g/mol. The number of hydrogen-bond acceptors (Lipinski definition) is 2. The van der Waals surface area contributed by atoms with Crippen LogP contribution in [0.5, 0.6) is 0 Å². The number of Topliss-reactive ketones (excluding diaryl/α,β-unsaturated/α-hetero) is 1. The van der Waals surface area contributed by atoms with Crippen molar-refractivity contribution in [3.63, 3.8) is 0 Å². The average Bonchev–Trinajstić information content (AvgIpc) is 2.99. The number of hydrogen-bond donors (Lipinski definition) is 1. The zero-order chi connectivity index (χ0) is 21.0. The molecule has 1 N–H and O–H groups in total. The Kier molecular flexibility index (Phi) is 5.76. The maximum absolute atomic E-state index is 12.1. The van der Waals surface area contributed by atoms with Gasteiger partial charge in [0.05, 0.1) is 5.60 Å². The van der Waals surface area contributed by atoms with Gasteiger partial charge < -0.3 is 5.11 Å². The highest BCUT2D eigenvalue weighted by Gasteiger charge is 2.64. The van der Waals surface area contributed by atoms with Crippen LogP contribution in [0.15, 0.2) is 0 Å². The number of ketones is 1. The number of rotatable bonds is 5. The van der Waals surface area contributed by atoms with Gasteiger partial charge in [-0.05, 0) is 85.9 Å². The van der Waals surface area contributed by atoms with Crippen molar-refractivity contribution in [1.82, 2.24) is 0 Å². The van der Waals surface area contributed by atoms with E-state index < -0.39 is 5.60 Å². The van der Waals surface area contributed by atoms with Crippen molar-refractivity contribution in [1.29, 1.82) is 0 Å². The van der Waals surface area contributed by atoms with E-state index in [-0.39, 0.29) is 5.41 Å². The molecule has 4 saturated carbocycles. The molecule has 4 aliphatic rings. The predicted molar refractivity (Wildman–Crippen MR) is 120 cm³/mol. The molecule has 0 radical (unpaired) electrons. The molecule has 4 aliphatic carbocycles. The van der Waals surface area contributed by atoms with Crippen LogP contribution in [0.4, 0.5) is 0 Å². The first-order valence-electron chi connectivity index (χ1n) is 12.8. The van der Waals surface area contributed by atoms with Gasteiger partial charge >= 0.3 is 0 Å². The van der Waals surface area contributed by atoms with Crippen LogP contribution in [0, 0.1) is 46.3 Å². The summed E-state index contributed by atoms with van der Waals surface area (Å²) in [6.07, 6.45) is 13.7. The largest absolute Gasteiger partial charge is 0.389 e. The summed E-state index contributed by atoms with van der Waals surface area (Å²) in [5, 5.41) is 11.5. The van der Waals surface area contributed by atoms with E-state index >= 15 is 0 Å². The summed E-state index contributed by atoms with van der Waals surface area (Å²) < 4.78 is 0. The molecular weight excluding hydrogens is 356 g/mol. The highest BCUT2D eigenvalue weighted by Crippen LogP contribution is 2.69. The van der Waals surface area contributed by atoms with Crippen molar-refractivity contribution < 1.29 is 9.90 Å². The molecule has 8 atom stereocenters. The zero-order valence-electron chi connectivity index (χ0n) is 19.8. The maximum Gasteiger partial charge on any atom is 0.135 e. The molecule has 0 aromatic rings. The third-order valence-corrected chi connectivity index (χ3v) is 10.8. The van der Waals surface area contributed by atoms with Gasteiger partial charge in [0.2, 0.25) is 0 Å². The van der Waals surface area contributed by atoms with Crippen molar-refractivity contribution in [3.8, 4) is 0 Å².